The van der Waals surface area contributed by atoms with E-state index in [2.05, 4.69) is 20.9 Å². The number of aliphatic carboxylic acids is 3. The number of amides is 2. The highest BCUT2D eigenvalue weighted by atomic mass is 35.5. The second-order valence-corrected chi connectivity index (χ2v) is 20.1. The van der Waals surface area contributed by atoms with Crippen LogP contribution in [-0.4, -0.2) is 178 Å². The second kappa shape index (κ2) is 32.9. The molecule has 0 fully saturated rings. The summed E-state index contributed by atoms with van der Waals surface area (Å²) in [6.07, 6.45) is 5.78. The first kappa shape index (κ1) is 66.2. The molecule has 0 atom stereocenters. The van der Waals surface area contributed by atoms with Gasteiger partial charge in [0.15, 0.2) is 12.4 Å². The van der Waals surface area contributed by atoms with Gasteiger partial charge in [0.2, 0.25) is 11.3 Å². The number of aromatic carboxylic acids is 1. The van der Waals surface area contributed by atoms with Gasteiger partial charge in [0.05, 0.1) is 98.9 Å². The maximum Gasteiger partial charge on any atom is 0.341 e. The number of rotatable bonds is 38. The number of fused-ring (bicyclic) bond motifs is 2. The van der Waals surface area contributed by atoms with E-state index < -0.39 is 72.1 Å². The normalized spacial score (nSPS) is 11.2. The molecule has 4 aromatic rings. The standard InChI is InChI=1S/C56H62Cl3N7O19/c1-33(67)64(26-36-27-66(63-62-36)12-15-82-18-19-83-31-37(68)25-60-11-14-81-17-16-80-13-5-3-2-4-10-57)28-42-53(76)44(59)23-41-52(40-22-43(58)46(69)24-47(40)85-54(41)42)38-8-6-34(20-39(38)56(78)79)55(77)61-35-7-9-45(48(21-35)84-32-51(74)75)65(29-49(70)71)30-50(72)73/h6-9,20-24,27,60,76H,2-5,10-19,25-26,28-32H2,1H3,(H,61,77)(H,70,71)(H,72,73)(H,74,75)(H,78,79). The zero-order valence-corrected chi connectivity index (χ0v) is 48.2. The Hall–Kier alpha value is -7.95. The summed E-state index contributed by atoms with van der Waals surface area (Å²) in [7, 11) is 0. The minimum Gasteiger partial charge on any atom is -0.506 e. The number of hydrogen-bond acceptors (Lipinski definition) is 19. The fraction of sp³-hybridized carbons (Fsp3) is 0.393. The van der Waals surface area contributed by atoms with E-state index in [9.17, 15) is 63.9 Å². The first-order valence-electron chi connectivity index (χ1n) is 26.4. The molecule has 2 heterocycles. The van der Waals surface area contributed by atoms with Gasteiger partial charge in [-0.2, -0.15) is 0 Å². The van der Waals surface area contributed by atoms with Crippen molar-refractivity contribution >= 4 is 98.6 Å². The van der Waals surface area contributed by atoms with Crippen LogP contribution in [0.2, 0.25) is 10.0 Å². The zero-order valence-electron chi connectivity index (χ0n) is 45.9. The lowest BCUT2D eigenvalue weighted by Gasteiger charge is -2.24. The lowest BCUT2D eigenvalue weighted by Crippen LogP contribution is -2.34. The molecule has 7 N–H and O–H groups in total. The lowest BCUT2D eigenvalue weighted by atomic mass is 9.89. The number of hydrogen-bond donors (Lipinski definition) is 7. The fourth-order valence-electron chi connectivity index (χ4n) is 8.57. The van der Waals surface area contributed by atoms with Gasteiger partial charge in [-0.3, -0.25) is 28.8 Å². The average Bonchev–Trinajstić information content (AvgIpc) is 1.10. The summed E-state index contributed by atoms with van der Waals surface area (Å²) in [5, 5.41) is 63.9. The quantitative estimate of drug-likeness (QED) is 0.0130. The van der Waals surface area contributed by atoms with Gasteiger partial charge in [-0.15, -0.1) is 16.7 Å². The molecular formula is C56H62Cl3N7O19. The largest absolute Gasteiger partial charge is 0.506 e. The molecule has 0 unspecified atom stereocenters. The van der Waals surface area contributed by atoms with E-state index in [1.165, 1.54) is 52.9 Å². The summed E-state index contributed by atoms with van der Waals surface area (Å²) >= 11 is 18.8. The van der Waals surface area contributed by atoms with Crippen molar-refractivity contribution in [3.05, 3.63) is 103 Å². The molecule has 0 spiro atoms. The number of phenols is 1. The molecule has 0 saturated heterocycles. The molecule has 456 valence electrons. The van der Waals surface area contributed by atoms with E-state index in [4.69, 9.17) is 62.9 Å². The van der Waals surface area contributed by atoms with Crippen LogP contribution < -0.4 is 25.7 Å². The van der Waals surface area contributed by atoms with Gasteiger partial charge in [0.1, 0.15) is 48.2 Å². The van der Waals surface area contributed by atoms with Gasteiger partial charge in [0.25, 0.3) is 5.91 Å². The highest BCUT2D eigenvalue weighted by Gasteiger charge is 2.29. The maximum atomic E-state index is 13.8. The second-order valence-electron chi connectivity index (χ2n) is 18.9. The first-order valence-corrected chi connectivity index (χ1v) is 27.7. The van der Waals surface area contributed by atoms with E-state index in [1.54, 1.807) is 6.20 Å². The molecule has 0 bridgehead atoms. The van der Waals surface area contributed by atoms with E-state index >= 15 is 0 Å². The topological polar surface area (TPSA) is 358 Å². The van der Waals surface area contributed by atoms with Crippen molar-refractivity contribution in [3.63, 3.8) is 0 Å². The number of nitrogens with zero attached hydrogens (tertiary/aromatic N) is 5. The third-order valence-electron chi connectivity index (χ3n) is 12.6. The van der Waals surface area contributed by atoms with Gasteiger partial charge in [-0.05, 0) is 54.8 Å². The Bertz CT molecular complexity index is 3360. The molecular weight excluding hydrogens is 1180 g/mol. The van der Waals surface area contributed by atoms with E-state index in [0.717, 1.165) is 48.8 Å². The Labute approximate surface area is 500 Å². The number of halogens is 3. The van der Waals surface area contributed by atoms with Crippen LogP contribution in [0, 0.1) is 0 Å². The number of ether oxygens (including phenoxy) is 5. The number of unbranched alkanes of at least 4 members (excludes halogenated alkanes) is 3. The van der Waals surface area contributed by atoms with Crippen LogP contribution in [0.3, 0.4) is 0 Å². The Morgan fingerprint density at radius 2 is 1.45 bits per heavy atom. The minimum atomic E-state index is -1.53. The third-order valence-corrected chi connectivity index (χ3v) is 13.4. The summed E-state index contributed by atoms with van der Waals surface area (Å²) in [5.74, 6) is -7.53. The van der Waals surface area contributed by atoms with Crippen LogP contribution in [-0.2, 0) is 62.6 Å². The van der Waals surface area contributed by atoms with Crippen molar-refractivity contribution in [3.8, 4) is 33.9 Å². The van der Waals surface area contributed by atoms with Crippen molar-refractivity contribution in [1.82, 2.24) is 25.2 Å². The number of carbonyl (C=O) groups excluding carboxylic acids is 3. The number of carboxylic acids is 4. The van der Waals surface area contributed by atoms with Gasteiger partial charge in [-0.25, -0.2) is 14.3 Å². The first-order chi connectivity index (χ1) is 40.7. The number of carboxylic acid groups (broad SMARTS) is 4. The number of benzene rings is 4. The fourth-order valence-corrected chi connectivity index (χ4v) is 9.15. The predicted molar refractivity (Wildman–Crippen MR) is 308 cm³/mol. The van der Waals surface area contributed by atoms with Crippen LogP contribution in [0.4, 0.5) is 11.4 Å². The van der Waals surface area contributed by atoms with Crippen LogP contribution in [0.1, 0.15) is 64.6 Å². The lowest BCUT2D eigenvalue weighted by molar-refractivity contribution is -0.140. The summed E-state index contributed by atoms with van der Waals surface area (Å²) in [6, 6.07) is 10.8. The Kier molecular flexibility index (Phi) is 25.6. The van der Waals surface area contributed by atoms with Crippen molar-refractivity contribution in [2.45, 2.75) is 52.2 Å². The predicted octanol–water partition coefficient (Wildman–Crippen LogP) is 6.13. The van der Waals surface area contributed by atoms with Crippen LogP contribution >= 0.6 is 34.8 Å². The molecule has 0 radical (unpaired) electrons. The number of aromatic hydroxyl groups is 1. The molecule has 2 aliphatic rings. The van der Waals surface area contributed by atoms with Crippen LogP contribution in [0.5, 0.6) is 11.5 Å². The monoisotopic (exact) mass is 1240 g/mol. The summed E-state index contributed by atoms with van der Waals surface area (Å²) in [4.78, 5) is 102. The van der Waals surface area contributed by atoms with Gasteiger partial charge in [0, 0.05) is 65.9 Å². The summed E-state index contributed by atoms with van der Waals surface area (Å²) in [6.45, 7) is 1.67. The number of phenolic OH excluding ortho intramolecular Hbond substituents is 1. The molecule has 6 rings (SSSR count). The SMILES string of the molecule is CC(=O)N(Cc1cn(CCOCCOCC(=O)CNCCOCCOCCCCCCCl)nn1)Cc1c(O)c(Cl)cc2c(-c3ccc(C(=O)Nc4ccc(N(CC(=O)O)CC(=O)O)c(OCC(=O)O)c4)cc3C(=O)O)c3cc(Cl)c(=O)cc-3oc12. The van der Waals surface area contributed by atoms with Crippen molar-refractivity contribution in [2.75, 3.05) is 102 Å². The van der Waals surface area contributed by atoms with E-state index in [-0.39, 0.29) is 130 Å². The molecule has 2 amide bonds. The Morgan fingerprint density at radius 3 is 2.14 bits per heavy atom. The Morgan fingerprint density at radius 1 is 0.741 bits per heavy atom. The summed E-state index contributed by atoms with van der Waals surface area (Å²) < 4.78 is 35.3. The number of ketones is 1. The highest BCUT2D eigenvalue weighted by molar-refractivity contribution is 6.33. The number of carbonyl (C=O) groups is 7. The maximum absolute atomic E-state index is 13.8. The van der Waals surface area contributed by atoms with E-state index in [0.29, 0.717) is 44.5 Å². The number of nitrogens with one attached hydrogen (secondary N) is 2. The number of aromatic nitrogens is 3. The average molecular weight is 1240 g/mol. The van der Waals surface area contributed by atoms with Crippen molar-refractivity contribution in [1.29, 1.82) is 0 Å². The molecule has 1 aliphatic carbocycles. The van der Waals surface area contributed by atoms with Crippen molar-refractivity contribution < 1.29 is 87.2 Å². The number of alkyl halides is 1. The molecule has 1 aromatic heterocycles. The number of anilines is 2. The number of Topliss-reactive ketones (excluding diaryl/α,β-unsaturated/α-hetero) is 1. The smallest absolute Gasteiger partial charge is 0.341 e. The van der Waals surface area contributed by atoms with Crippen LogP contribution in [0.25, 0.3) is 33.4 Å². The molecule has 0 saturated carbocycles. The minimum absolute atomic E-state index is 0.0474. The third kappa shape index (κ3) is 19.8. The van der Waals surface area contributed by atoms with E-state index in [1.807, 2.05) is 0 Å². The van der Waals surface area contributed by atoms with Gasteiger partial charge >= 0.3 is 23.9 Å². The molecule has 85 heavy (non-hydrogen) atoms. The summed E-state index contributed by atoms with van der Waals surface area (Å²) in [5.41, 5.74) is -1.22. The van der Waals surface area contributed by atoms with Crippen LogP contribution in [0.15, 0.2) is 70.0 Å². The van der Waals surface area contributed by atoms with Crippen molar-refractivity contribution in [2.24, 2.45) is 0 Å². The van der Waals surface area contributed by atoms with Gasteiger partial charge < -0.3 is 74.1 Å². The molecule has 3 aromatic carbocycles. The zero-order chi connectivity index (χ0) is 61.6. The molecule has 26 nitrogen and oxygen atoms in total. The Balaban J connectivity index is 1.12. The van der Waals surface area contributed by atoms with Gasteiger partial charge in [-0.1, -0.05) is 47.3 Å². The molecule has 1 aliphatic heterocycles. The highest BCUT2D eigenvalue weighted by Crippen LogP contribution is 2.47. The molecule has 29 heteroatoms.